The Balaban J connectivity index is 1.33. The zero-order chi connectivity index (χ0) is 27.9. The zero-order valence-electron chi connectivity index (χ0n) is 22.9. The van der Waals surface area contributed by atoms with Gasteiger partial charge < -0.3 is 29.5 Å². The molecule has 1 aliphatic carbocycles. The first-order chi connectivity index (χ1) is 19.3. The van der Waals surface area contributed by atoms with Crippen LogP contribution in [0.4, 0.5) is 17.1 Å². The third-order valence-electron chi connectivity index (χ3n) is 8.62. The van der Waals surface area contributed by atoms with Crippen LogP contribution in [-0.2, 0) is 21.8 Å². The Hall–Kier alpha value is -3.12. The molecule has 3 heterocycles. The van der Waals surface area contributed by atoms with Crippen LogP contribution in [0.5, 0.6) is 0 Å². The Kier molecular flexibility index (Phi) is 7.24. The number of ether oxygens (including phenoxy) is 1. The molecule has 6 rings (SSSR count). The first-order valence-corrected chi connectivity index (χ1v) is 15.5. The van der Waals surface area contributed by atoms with Gasteiger partial charge in [0.15, 0.2) is 0 Å². The number of benzene rings is 2. The molecule has 0 radical (unpaired) electrons. The van der Waals surface area contributed by atoms with Crippen LogP contribution < -0.4 is 19.8 Å². The lowest BCUT2D eigenvalue weighted by atomic mass is 9.93. The number of aryl methyl sites for hydroxylation is 1. The van der Waals surface area contributed by atoms with Crippen molar-refractivity contribution in [3.05, 3.63) is 48.2 Å². The number of hydrogen-bond acceptors (Lipinski definition) is 7. The molecule has 10 nitrogen and oxygen atoms in total. The minimum atomic E-state index is -3.80. The highest BCUT2D eigenvalue weighted by Crippen LogP contribution is 2.54. The summed E-state index contributed by atoms with van der Waals surface area (Å²) in [6.07, 6.45) is 6.65. The van der Waals surface area contributed by atoms with Gasteiger partial charge >= 0.3 is 0 Å². The lowest BCUT2D eigenvalue weighted by Gasteiger charge is -2.35. The largest absolute Gasteiger partial charge is 0.395 e. The Bertz CT molecular complexity index is 1520. The van der Waals surface area contributed by atoms with E-state index in [2.05, 4.69) is 24.4 Å². The van der Waals surface area contributed by atoms with Crippen molar-refractivity contribution in [2.45, 2.75) is 30.6 Å². The number of carbonyl (C=O) groups excluding carboxylic acids is 1. The van der Waals surface area contributed by atoms with E-state index in [4.69, 9.17) is 9.84 Å². The maximum absolute atomic E-state index is 13.7. The predicted octanol–water partition coefficient (Wildman–Crippen LogP) is 2.92. The van der Waals surface area contributed by atoms with Crippen molar-refractivity contribution in [1.29, 1.82) is 0 Å². The van der Waals surface area contributed by atoms with Crippen molar-refractivity contribution in [3.63, 3.8) is 0 Å². The molecule has 0 atom stereocenters. The molecule has 0 bridgehead atoms. The molecular formula is C29H37N5O5S. The third-order valence-corrected chi connectivity index (χ3v) is 10.1. The van der Waals surface area contributed by atoms with E-state index >= 15 is 0 Å². The Morgan fingerprint density at radius 1 is 0.975 bits per heavy atom. The van der Waals surface area contributed by atoms with Crippen molar-refractivity contribution >= 4 is 43.9 Å². The van der Waals surface area contributed by atoms with E-state index in [0.29, 0.717) is 35.6 Å². The van der Waals surface area contributed by atoms with Crippen LogP contribution in [0.2, 0.25) is 0 Å². The van der Waals surface area contributed by atoms with E-state index in [1.54, 1.807) is 12.1 Å². The van der Waals surface area contributed by atoms with Crippen molar-refractivity contribution in [1.82, 2.24) is 9.29 Å². The van der Waals surface area contributed by atoms with Crippen LogP contribution in [-0.4, -0.2) is 76.5 Å². The van der Waals surface area contributed by atoms with Gasteiger partial charge in [0, 0.05) is 56.9 Å². The monoisotopic (exact) mass is 567 g/mol. The molecule has 3 N–H and O–H groups in total. The van der Waals surface area contributed by atoms with Gasteiger partial charge in [0.1, 0.15) is 0 Å². The first-order valence-electron chi connectivity index (χ1n) is 14.0. The lowest BCUT2D eigenvalue weighted by molar-refractivity contribution is 0.102. The molecule has 3 fully saturated rings. The van der Waals surface area contributed by atoms with Gasteiger partial charge in [-0.15, -0.1) is 0 Å². The number of rotatable bonds is 8. The average Bonchev–Trinajstić information content (AvgIpc) is 3.62. The molecule has 214 valence electrons. The maximum atomic E-state index is 13.7. The highest BCUT2D eigenvalue weighted by Gasteiger charge is 2.44. The molecular weight excluding hydrogens is 530 g/mol. The molecule has 3 aliphatic rings. The van der Waals surface area contributed by atoms with Gasteiger partial charge in [0.05, 0.1) is 47.3 Å². The summed E-state index contributed by atoms with van der Waals surface area (Å²) in [7, 11) is -1.79. The van der Waals surface area contributed by atoms with Crippen LogP contribution in [0.1, 0.15) is 36.0 Å². The number of nitrogens with zero attached hydrogens (tertiary/aromatic N) is 3. The van der Waals surface area contributed by atoms with Crippen molar-refractivity contribution < 1.29 is 23.1 Å². The molecule has 2 aromatic carbocycles. The molecule has 1 amide bonds. The summed E-state index contributed by atoms with van der Waals surface area (Å²) in [5.74, 6) is -0.244. The second-order valence-corrected chi connectivity index (χ2v) is 13.0. The Morgan fingerprint density at radius 3 is 2.40 bits per heavy atom. The van der Waals surface area contributed by atoms with E-state index in [0.717, 1.165) is 55.6 Å². The number of amides is 1. The average molecular weight is 568 g/mol. The first kappa shape index (κ1) is 27.1. The molecule has 1 aromatic heterocycles. The highest BCUT2D eigenvalue weighted by molar-refractivity contribution is 7.89. The SMILES string of the molecule is Cn1ccc2cc(C(=O)Nc3ccc(S(=O)(=O)NCCO)cc3N3CCC4(CC3)CC4)cc(N3CCOCC3)c21. The number of nitrogens with one attached hydrogen (secondary N) is 2. The highest BCUT2D eigenvalue weighted by atomic mass is 32.2. The summed E-state index contributed by atoms with van der Waals surface area (Å²) in [5.41, 5.74) is 4.35. The second kappa shape index (κ2) is 10.7. The van der Waals surface area contributed by atoms with Gasteiger partial charge in [-0.3, -0.25) is 4.79 Å². The standard InChI is InChI=1S/C29H37N5O5S/c1-32-10-4-21-18-22(19-26(27(21)32)34-13-16-39-17-14-34)28(36)31-24-3-2-23(40(37,38)30-9-15-35)20-25(24)33-11-7-29(5-6-29)8-12-33/h2-4,10,18-20,30,35H,5-9,11-17H2,1H3,(H,31,36). The summed E-state index contributed by atoms with van der Waals surface area (Å²) in [6, 6.07) is 10.7. The van der Waals surface area contributed by atoms with Crippen LogP contribution >= 0.6 is 0 Å². The van der Waals surface area contributed by atoms with Gasteiger partial charge in [0.25, 0.3) is 5.91 Å². The fourth-order valence-corrected chi connectivity index (χ4v) is 7.04. The minimum Gasteiger partial charge on any atom is -0.395 e. The normalized spacial score (nSPS) is 18.9. The summed E-state index contributed by atoms with van der Waals surface area (Å²) in [5, 5.41) is 13.2. The minimum absolute atomic E-state index is 0.0597. The number of piperidine rings is 1. The molecule has 1 spiro atoms. The van der Waals surface area contributed by atoms with Gasteiger partial charge in [0.2, 0.25) is 10.0 Å². The van der Waals surface area contributed by atoms with E-state index < -0.39 is 10.0 Å². The molecule has 40 heavy (non-hydrogen) atoms. The number of sulfonamides is 1. The van der Waals surface area contributed by atoms with Gasteiger partial charge in [-0.25, -0.2) is 13.1 Å². The van der Waals surface area contributed by atoms with Crippen LogP contribution in [0, 0.1) is 5.41 Å². The van der Waals surface area contributed by atoms with Crippen LogP contribution in [0.25, 0.3) is 10.9 Å². The van der Waals surface area contributed by atoms with E-state index in [-0.39, 0.29) is 24.0 Å². The molecule has 3 aromatic rings. The summed E-state index contributed by atoms with van der Waals surface area (Å²) >= 11 is 0. The number of morpholine rings is 1. The van der Waals surface area contributed by atoms with E-state index in [1.165, 1.54) is 18.9 Å². The second-order valence-electron chi connectivity index (χ2n) is 11.2. The number of anilines is 3. The fraction of sp³-hybridized carbons (Fsp3) is 0.483. The number of aliphatic hydroxyl groups excluding tert-OH is 1. The summed E-state index contributed by atoms with van der Waals surface area (Å²) in [6.45, 7) is 4.08. The maximum Gasteiger partial charge on any atom is 0.255 e. The number of fused-ring (bicyclic) bond motifs is 1. The predicted molar refractivity (Wildman–Crippen MR) is 156 cm³/mol. The third kappa shape index (κ3) is 5.30. The number of aromatic nitrogens is 1. The summed E-state index contributed by atoms with van der Waals surface area (Å²) < 4.78 is 35.8. The number of hydrogen-bond donors (Lipinski definition) is 3. The van der Waals surface area contributed by atoms with E-state index in [9.17, 15) is 13.2 Å². The lowest BCUT2D eigenvalue weighted by Crippen LogP contribution is -2.36. The van der Waals surface area contributed by atoms with Gasteiger partial charge in [-0.05, 0) is 67.5 Å². The molecule has 1 saturated carbocycles. The fourth-order valence-electron chi connectivity index (χ4n) is 6.00. The van der Waals surface area contributed by atoms with Crippen LogP contribution in [0.15, 0.2) is 47.5 Å². The topological polar surface area (TPSA) is 116 Å². The van der Waals surface area contributed by atoms with Crippen molar-refractivity contribution in [2.75, 3.05) is 67.7 Å². The smallest absolute Gasteiger partial charge is 0.255 e. The molecule has 2 aliphatic heterocycles. The molecule has 11 heteroatoms. The Morgan fingerprint density at radius 2 is 1.70 bits per heavy atom. The molecule has 2 saturated heterocycles. The summed E-state index contributed by atoms with van der Waals surface area (Å²) in [4.78, 5) is 18.3. The number of carbonyl (C=O) groups is 1. The zero-order valence-corrected chi connectivity index (χ0v) is 23.7. The van der Waals surface area contributed by atoms with Gasteiger partial charge in [-0.1, -0.05) is 0 Å². The quantitative estimate of drug-likeness (QED) is 0.383. The van der Waals surface area contributed by atoms with Crippen molar-refractivity contribution in [3.8, 4) is 0 Å². The number of aliphatic hydroxyl groups is 1. The van der Waals surface area contributed by atoms with Crippen LogP contribution in [0.3, 0.4) is 0 Å². The molecule has 0 unspecified atom stereocenters. The van der Waals surface area contributed by atoms with Gasteiger partial charge in [-0.2, -0.15) is 0 Å². The van der Waals surface area contributed by atoms with E-state index in [1.807, 2.05) is 31.4 Å². The van der Waals surface area contributed by atoms with Crippen molar-refractivity contribution in [2.24, 2.45) is 12.5 Å². The Labute approximate surface area is 234 Å².